The number of carbonyl (C=O) groups is 1. The normalized spacial score (nSPS) is 15.3. The lowest BCUT2D eigenvalue weighted by Crippen LogP contribution is -2.66. The predicted octanol–water partition coefficient (Wildman–Crippen LogP) is 5.27. The van der Waals surface area contributed by atoms with Crippen molar-refractivity contribution in [1.82, 2.24) is 29.9 Å². The molecule has 12 nitrogen and oxygen atoms in total. The lowest BCUT2D eigenvalue weighted by atomic mass is 10.1. The van der Waals surface area contributed by atoms with Crippen LogP contribution in [0.25, 0.3) is 15.2 Å². The summed E-state index contributed by atoms with van der Waals surface area (Å²) in [6.45, 7) is 8.85. The van der Waals surface area contributed by atoms with Crippen molar-refractivity contribution in [2.45, 2.75) is 51.3 Å². The van der Waals surface area contributed by atoms with Crippen LogP contribution in [0.2, 0.25) is 5.04 Å². The predicted molar refractivity (Wildman–Crippen MR) is 211 cm³/mol. The number of ether oxygens (including phenoxy) is 3. The molecule has 3 aromatic carbocycles. The molecule has 0 unspecified atom stereocenters. The molecule has 6 aromatic rings. The summed E-state index contributed by atoms with van der Waals surface area (Å²) in [7, 11) is -1.37. The van der Waals surface area contributed by atoms with E-state index < -0.39 is 26.3 Å². The van der Waals surface area contributed by atoms with Gasteiger partial charge in [-0.2, -0.15) is 15.2 Å². The summed E-state index contributed by atoms with van der Waals surface area (Å²) in [5.74, 6) is -0.258. The van der Waals surface area contributed by atoms with E-state index in [0.717, 1.165) is 10.4 Å². The molecule has 0 radical (unpaired) electrons. The quantitative estimate of drug-likeness (QED) is 0.116. The van der Waals surface area contributed by atoms with Crippen molar-refractivity contribution in [1.29, 1.82) is 0 Å². The van der Waals surface area contributed by atoms with Crippen LogP contribution in [0.3, 0.4) is 0 Å². The van der Waals surface area contributed by atoms with Crippen LogP contribution >= 0.6 is 11.3 Å². The fourth-order valence-corrected chi connectivity index (χ4v) is 13.0. The topological polar surface area (TPSA) is 132 Å². The number of thiophene rings is 1. The molecule has 0 spiro atoms. The second kappa shape index (κ2) is 15.9. The second-order valence-corrected chi connectivity index (χ2v) is 19.6. The van der Waals surface area contributed by atoms with Crippen molar-refractivity contribution in [2.75, 3.05) is 33.5 Å². The van der Waals surface area contributed by atoms with E-state index in [9.17, 15) is 14.0 Å². The molecule has 3 aromatic heterocycles. The van der Waals surface area contributed by atoms with Crippen LogP contribution in [0.15, 0.2) is 96.1 Å². The van der Waals surface area contributed by atoms with Crippen LogP contribution in [0.1, 0.15) is 50.5 Å². The van der Waals surface area contributed by atoms with Crippen molar-refractivity contribution >= 4 is 46.2 Å². The number of hydrogen-bond donors (Lipinski definition) is 1. The van der Waals surface area contributed by atoms with Gasteiger partial charge in [0.1, 0.15) is 34.1 Å². The third-order valence-corrected chi connectivity index (χ3v) is 16.1. The zero-order valence-corrected chi connectivity index (χ0v) is 33.1. The molecule has 55 heavy (non-hydrogen) atoms. The maximum atomic E-state index is 14.9. The highest BCUT2D eigenvalue weighted by atomic mass is 32.1. The number of methoxy groups -OCH3 is 1. The minimum Gasteiger partial charge on any atom is -0.496 e. The van der Waals surface area contributed by atoms with Gasteiger partial charge in [0.15, 0.2) is 0 Å². The van der Waals surface area contributed by atoms with Crippen molar-refractivity contribution in [3.05, 3.63) is 119 Å². The van der Waals surface area contributed by atoms with Crippen LogP contribution in [0.5, 0.6) is 11.8 Å². The van der Waals surface area contributed by atoms with Crippen LogP contribution in [-0.2, 0) is 14.0 Å². The van der Waals surface area contributed by atoms with E-state index in [2.05, 4.69) is 60.6 Å². The summed E-state index contributed by atoms with van der Waals surface area (Å²) in [4.78, 5) is 33.3. The Bertz CT molecular complexity index is 2290. The molecular weight excluding hydrogens is 740 g/mol. The van der Waals surface area contributed by atoms with E-state index in [1.807, 2.05) is 43.3 Å². The Hall–Kier alpha value is -5.22. The molecule has 1 amide bonds. The Balaban J connectivity index is 1.22. The lowest BCUT2D eigenvalue weighted by molar-refractivity contribution is -0.119. The number of amides is 1. The summed E-state index contributed by atoms with van der Waals surface area (Å²) in [5.41, 5.74) is 0.727. The molecule has 1 aliphatic rings. The first-order valence-corrected chi connectivity index (χ1v) is 20.8. The van der Waals surface area contributed by atoms with Crippen molar-refractivity contribution < 1.29 is 27.8 Å². The number of benzene rings is 3. The van der Waals surface area contributed by atoms with Gasteiger partial charge in [0.05, 0.1) is 44.1 Å². The van der Waals surface area contributed by atoms with Gasteiger partial charge in [-0.1, -0.05) is 92.8 Å². The van der Waals surface area contributed by atoms with Crippen molar-refractivity contribution in [3.8, 4) is 16.8 Å². The van der Waals surface area contributed by atoms with E-state index in [1.54, 1.807) is 12.4 Å². The standard InChI is InChI=1S/C40H43FN6O6SSi/c1-26-35-36(54-38(26)47-43-18-19-44-47)45-39(46(37(35)49)28-23-34(48)42-24-28)52-25-33(31-22-27(41)16-17-32(31)50-5)51-20-21-53-55(40(2,3)4,29-12-8-6-9-13-29)30-14-10-7-11-15-30/h6-19,22,28,33H,20-21,23-25H2,1-5H3,(H,42,48)/t28-,33-/m0/s1. The number of fused-ring (bicyclic) bond motifs is 1. The first kappa shape index (κ1) is 38.1. The van der Waals surface area contributed by atoms with Crippen molar-refractivity contribution in [3.63, 3.8) is 0 Å². The van der Waals surface area contributed by atoms with Gasteiger partial charge in [0.2, 0.25) is 5.91 Å². The number of carbonyl (C=O) groups excluding carboxylic acids is 1. The van der Waals surface area contributed by atoms with E-state index in [-0.39, 0.29) is 55.3 Å². The zero-order chi connectivity index (χ0) is 38.7. The van der Waals surface area contributed by atoms with Crippen LogP contribution in [0, 0.1) is 12.7 Å². The molecule has 0 saturated carbocycles. The van der Waals surface area contributed by atoms with Gasteiger partial charge in [0, 0.05) is 24.1 Å². The zero-order valence-electron chi connectivity index (χ0n) is 31.3. The van der Waals surface area contributed by atoms with Gasteiger partial charge in [-0.3, -0.25) is 14.2 Å². The second-order valence-electron chi connectivity index (χ2n) is 14.3. The number of aromatic nitrogens is 5. The molecule has 7 rings (SSSR count). The maximum absolute atomic E-state index is 14.9. The Labute approximate surface area is 323 Å². The summed E-state index contributed by atoms with van der Waals surface area (Å²) < 4.78 is 41.9. The summed E-state index contributed by atoms with van der Waals surface area (Å²) >= 11 is 1.26. The number of hydrogen-bond acceptors (Lipinski definition) is 10. The largest absolute Gasteiger partial charge is 0.496 e. The molecule has 1 aliphatic heterocycles. The smallest absolute Gasteiger partial charge is 0.301 e. The molecule has 0 aliphatic carbocycles. The van der Waals surface area contributed by atoms with Crippen LogP contribution in [0.4, 0.5) is 4.39 Å². The van der Waals surface area contributed by atoms with Gasteiger partial charge >= 0.3 is 6.01 Å². The van der Waals surface area contributed by atoms with E-state index in [4.69, 9.17) is 23.6 Å². The average molecular weight is 783 g/mol. The number of halogens is 1. The van der Waals surface area contributed by atoms with E-state index in [1.165, 1.54) is 46.0 Å². The van der Waals surface area contributed by atoms with Crippen LogP contribution < -0.4 is 30.7 Å². The highest BCUT2D eigenvalue weighted by molar-refractivity contribution is 7.21. The van der Waals surface area contributed by atoms with Gasteiger partial charge < -0.3 is 24.0 Å². The van der Waals surface area contributed by atoms with E-state index >= 15 is 0 Å². The monoisotopic (exact) mass is 782 g/mol. The number of nitrogens with zero attached hydrogens (tertiary/aromatic N) is 5. The number of nitrogens with one attached hydrogen (secondary N) is 1. The maximum Gasteiger partial charge on any atom is 0.301 e. The van der Waals surface area contributed by atoms with E-state index in [0.29, 0.717) is 32.1 Å². The van der Waals surface area contributed by atoms with Gasteiger partial charge in [-0.25, -0.2) is 4.39 Å². The summed E-state index contributed by atoms with van der Waals surface area (Å²) in [5, 5.41) is 14.4. The first-order valence-electron chi connectivity index (χ1n) is 18.0. The molecule has 286 valence electrons. The summed E-state index contributed by atoms with van der Waals surface area (Å²) in [6.07, 6.45) is 2.32. The highest BCUT2D eigenvalue weighted by Gasteiger charge is 2.50. The summed E-state index contributed by atoms with van der Waals surface area (Å²) in [6, 6.07) is 24.3. The van der Waals surface area contributed by atoms with Crippen molar-refractivity contribution in [2.24, 2.45) is 0 Å². The Morgan fingerprint density at radius 2 is 1.65 bits per heavy atom. The molecule has 2 atom stereocenters. The molecule has 1 fully saturated rings. The molecule has 1 saturated heterocycles. The minimum atomic E-state index is -2.87. The number of rotatable bonds is 14. The third-order valence-electron chi connectivity index (χ3n) is 9.90. The fraction of sp³-hybridized carbons (Fsp3) is 0.325. The molecule has 4 heterocycles. The van der Waals surface area contributed by atoms with Gasteiger partial charge in [-0.05, 0) is 40.5 Å². The van der Waals surface area contributed by atoms with Gasteiger partial charge in [0.25, 0.3) is 13.9 Å². The fourth-order valence-electron chi connectivity index (χ4n) is 7.35. The van der Waals surface area contributed by atoms with Gasteiger partial charge in [-0.15, -0.1) is 4.80 Å². The van der Waals surface area contributed by atoms with Crippen LogP contribution in [-0.4, -0.2) is 72.2 Å². The molecule has 0 bridgehead atoms. The SMILES string of the molecule is COc1ccc(F)cc1[C@H](COc1nc2sc(-n3nccn3)c(C)c2c(=O)n1[C@@H]1CNC(=O)C1)OCCO[Si](c1ccccc1)(c1ccccc1)C(C)(C)C. The average Bonchev–Trinajstić information content (AvgIpc) is 3.94. The Morgan fingerprint density at radius 1 is 0.982 bits per heavy atom. The Morgan fingerprint density at radius 3 is 2.25 bits per heavy atom. The third kappa shape index (κ3) is 7.44. The molecule has 1 N–H and O–H groups in total. The first-order chi connectivity index (χ1) is 26.5. The molecular formula is C40H43FN6O6SSi. The number of aryl methyl sites for hydroxylation is 1. The Kier molecular flexibility index (Phi) is 11.0. The lowest BCUT2D eigenvalue weighted by Gasteiger charge is -2.43. The molecule has 15 heteroatoms. The highest BCUT2D eigenvalue weighted by Crippen LogP contribution is 2.37. The minimum absolute atomic E-state index is 0.00718.